The molecule has 1 aliphatic rings. The molecule has 0 aromatic rings. The van der Waals surface area contributed by atoms with Crippen molar-refractivity contribution < 1.29 is 53.8 Å². The van der Waals surface area contributed by atoms with Crippen LogP contribution in [-0.4, -0.2) is 42.3 Å². The molecule has 0 aromatic carbocycles. The van der Waals surface area contributed by atoms with Crippen LogP contribution in [0.25, 0.3) is 0 Å². The Morgan fingerprint density at radius 1 is 1.10 bits per heavy atom. The van der Waals surface area contributed by atoms with Gasteiger partial charge in [-0.3, -0.25) is 4.74 Å². The van der Waals surface area contributed by atoms with E-state index in [1.54, 1.807) is 0 Å². The third kappa shape index (κ3) is 2.15. The topological polar surface area (TPSA) is 35.5 Å². The Morgan fingerprint density at radius 2 is 1.57 bits per heavy atom. The zero-order valence-corrected chi connectivity index (χ0v) is 9.62. The highest BCUT2D eigenvalue weighted by atomic mass is 19.4. The van der Waals surface area contributed by atoms with Gasteiger partial charge < -0.3 is 4.74 Å². The van der Waals surface area contributed by atoms with Crippen LogP contribution in [0.5, 0.6) is 0 Å². The third-order valence-corrected chi connectivity index (χ3v) is 2.47. The molecule has 1 saturated heterocycles. The minimum Gasteiger partial charge on any atom is -0.456 e. The Kier molecular flexibility index (Phi) is 3.78. The number of hydrogen-bond acceptors (Lipinski definition) is 3. The number of carbonyl (C=O) groups excluding carboxylic acids is 1. The first-order valence-electron chi connectivity index (χ1n) is 4.86. The summed E-state index contributed by atoms with van der Waals surface area (Å²) in [6.45, 7) is 0.173. The number of halogens is 9. The monoisotopic (exact) mass is 332 g/mol. The number of hydrogen-bond donors (Lipinski definition) is 0. The minimum atomic E-state index is -6.59. The maximum Gasteiger partial charge on any atom is 0.428 e. The van der Waals surface area contributed by atoms with Crippen LogP contribution in [0.4, 0.5) is 39.5 Å². The lowest BCUT2D eigenvalue weighted by atomic mass is 10.0. The van der Waals surface area contributed by atoms with Crippen LogP contribution in [0, 0.1) is 0 Å². The van der Waals surface area contributed by atoms with Crippen molar-refractivity contribution in [1.29, 1.82) is 0 Å². The summed E-state index contributed by atoms with van der Waals surface area (Å²) in [5.41, 5.74) is 0. The molecule has 0 aromatic heterocycles. The quantitative estimate of drug-likeness (QED) is 0.451. The van der Waals surface area contributed by atoms with E-state index in [9.17, 15) is 44.3 Å². The van der Waals surface area contributed by atoms with Crippen molar-refractivity contribution in [3.8, 4) is 0 Å². The molecule has 1 fully saturated rings. The van der Waals surface area contributed by atoms with Crippen molar-refractivity contribution in [2.75, 3.05) is 6.61 Å². The second kappa shape index (κ2) is 4.52. The van der Waals surface area contributed by atoms with Crippen LogP contribution in [0.3, 0.4) is 0 Å². The van der Waals surface area contributed by atoms with Gasteiger partial charge in [0, 0.05) is 6.08 Å². The maximum absolute atomic E-state index is 13.5. The summed E-state index contributed by atoms with van der Waals surface area (Å²) in [6.07, 6.45) is -5.94. The zero-order chi connectivity index (χ0) is 16.9. The van der Waals surface area contributed by atoms with Crippen molar-refractivity contribution in [1.82, 2.24) is 0 Å². The van der Waals surface area contributed by atoms with Gasteiger partial charge in [-0.15, -0.1) is 0 Å². The van der Waals surface area contributed by atoms with Crippen molar-refractivity contribution in [2.24, 2.45) is 0 Å². The van der Waals surface area contributed by atoms with Gasteiger partial charge in [0.15, 0.2) is 6.61 Å². The van der Waals surface area contributed by atoms with Crippen LogP contribution in [0.2, 0.25) is 0 Å². The first-order valence-corrected chi connectivity index (χ1v) is 4.86. The molecule has 1 aliphatic heterocycles. The van der Waals surface area contributed by atoms with Gasteiger partial charge in [-0.1, -0.05) is 6.58 Å². The molecule has 1 heterocycles. The molecule has 3 nitrogen and oxygen atoms in total. The van der Waals surface area contributed by atoms with Crippen molar-refractivity contribution in [3.05, 3.63) is 12.7 Å². The lowest BCUT2D eigenvalue weighted by Crippen LogP contribution is -2.61. The zero-order valence-electron chi connectivity index (χ0n) is 9.62. The molecular weight excluding hydrogens is 327 g/mol. The molecule has 0 aliphatic carbocycles. The second-order valence-corrected chi connectivity index (χ2v) is 3.88. The van der Waals surface area contributed by atoms with Crippen LogP contribution >= 0.6 is 0 Å². The normalized spacial score (nSPS) is 30.0. The molecule has 122 valence electrons. The van der Waals surface area contributed by atoms with Gasteiger partial charge in [-0.25, -0.2) is 4.79 Å². The largest absolute Gasteiger partial charge is 0.456 e. The van der Waals surface area contributed by atoms with E-state index in [4.69, 9.17) is 0 Å². The van der Waals surface area contributed by atoms with E-state index in [2.05, 4.69) is 16.1 Å². The lowest BCUT2D eigenvalue weighted by Gasteiger charge is -2.32. The van der Waals surface area contributed by atoms with E-state index in [0.29, 0.717) is 0 Å². The molecule has 0 spiro atoms. The number of ether oxygens (including phenoxy) is 2. The first-order chi connectivity index (χ1) is 9.16. The molecule has 1 atom stereocenters. The summed E-state index contributed by atoms with van der Waals surface area (Å²) in [4.78, 5) is 10.5. The Balaban J connectivity index is 3.21. The van der Waals surface area contributed by atoms with Gasteiger partial charge in [-0.05, 0) is 0 Å². The van der Waals surface area contributed by atoms with Gasteiger partial charge in [0.05, 0.1) is 0 Å². The fraction of sp³-hybridized carbons (Fsp3) is 0.667. The van der Waals surface area contributed by atoms with Gasteiger partial charge in [0.2, 0.25) is 0 Å². The summed E-state index contributed by atoms with van der Waals surface area (Å²) in [6, 6.07) is 0. The summed E-state index contributed by atoms with van der Waals surface area (Å²) < 4.78 is 122. The van der Waals surface area contributed by atoms with Crippen molar-refractivity contribution in [3.63, 3.8) is 0 Å². The van der Waals surface area contributed by atoms with Gasteiger partial charge >= 0.3 is 35.7 Å². The number of esters is 1. The van der Waals surface area contributed by atoms with Crippen molar-refractivity contribution >= 4 is 5.97 Å². The predicted octanol–water partition coefficient (Wildman–Crippen LogP) is 2.91. The van der Waals surface area contributed by atoms with E-state index in [-0.39, 0.29) is 6.08 Å². The summed E-state index contributed by atoms with van der Waals surface area (Å²) >= 11 is 0. The molecule has 1 unspecified atom stereocenters. The minimum absolute atomic E-state index is 0.262. The number of rotatable bonds is 4. The molecule has 12 heteroatoms. The van der Waals surface area contributed by atoms with E-state index in [0.717, 1.165) is 0 Å². The average Bonchev–Trinajstić information content (AvgIpc) is 2.43. The molecule has 21 heavy (non-hydrogen) atoms. The molecule has 0 N–H and O–H groups in total. The molecule has 0 bridgehead atoms. The Hall–Kier alpha value is -1.46. The molecule has 1 rings (SSSR count). The lowest BCUT2D eigenvalue weighted by molar-refractivity contribution is -0.379. The highest BCUT2D eigenvalue weighted by Crippen LogP contribution is 2.64. The van der Waals surface area contributed by atoms with Crippen LogP contribution in [-0.2, 0) is 14.3 Å². The highest BCUT2D eigenvalue weighted by molar-refractivity contribution is 5.81. The predicted molar refractivity (Wildman–Crippen MR) is 45.9 cm³/mol. The van der Waals surface area contributed by atoms with E-state index >= 15 is 0 Å². The summed E-state index contributed by atoms with van der Waals surface area (Å²) in [5, 5.41) is 0. The van der Waals surface area contributed by atoms with E-state index in [1.807, 2.05) is 0 Å². The smallest absolute Gasteiger partial charge is 0.428 e. The molecule has 0 amide bonds. The fourth-order valence-electron chi connectivity index (χ4n) is 1.31. The molecule has 0 radical (unpaired) electrons. The fourth-order valence-corrected chi connectivity index (χ4v) is 1.31. The number of alkyl halides is 9. The second-order valence-electron chi connectivity index (χ2n) is 3.88. The molecule has 0 saturated carbocycles. The maximum atomic E-state index is 13.5. The van der Waals surface area contributed by atoms with Crippen molar-refractivity contribution in [2.45, 2.75) is 29.7 Å². The van der Waals surface area contributed by atoms with Crippen LogP contribution in [0.1, 0.15) is 0 Å². The van der Waals surface area contributed by atoms with Gasteiger partial charge in [0.1, 0.15) is 0 Å². The Bertz CT molecular complexity index is 461. The van der Waals surface area contributed by atoms with E-state index in [1.165, 1.54) is 0 Å². The average molecular weight is 332 g/mol. The van der Waals surface area contributed by atoms with E-state index < -0.39 is 42.3 Å². The summed E-state index contributed by atoms with van der Waals surface area (Å²) in [5.74, 6) is -26.6. The summed E-state index contributed by atoms with van der Waals surface area (Å²) in [7, 11) is 0. The van der Waals surface area contributed by atoms with Gasteiger partial charge in [-0.2, -0.15) is 39.5 Å². The standard InChI is InChI=1S/C9H5F9O3/c1-2-4(19)20-3-5(10,11)8(16)6(12,13)7(14,15)9(17,18)21-8/h2H,1,3H2. The Labute approximate surface area is 110 Å². The SMILES string of the molecule is C=CC(=O)OCC(F)(F)C1(F)OC(F)(F)C(F)(F)C1(F)F. The first kappa shape index (κ1) is 17.6. The third-order valence-electron chi connectivity index (χ3n) is 2.47. The molecular formula is C9H5F9O3. The number of carbonyl (C=O) groups is 1. The Morgan fingerprint density at radius 3 is 1.90 bits per heavy atom. The van der Waals surface area contributed by atoms with Crippen LogP contribution < -0.4 is 0 Å². The van der Waals surface area contributed by atoms with Gasteiger partial charge in [0.25, 0.3) is 0 Å². The highest BCUT2D eigenvalue weighted by Gasteiger charge is 2.95. The van der Waals surface area contributed by atoms with Crippen LogP contribution in [0.15, 0.2) is 12.7 Å².